The topological polar surface area (TPSA) is 66.4 Å². The van der Waals surface area contributed by atoms with Crippen LogP contribution in [0.3, 0.4) is 0 Å². The van der Waals surface area contributed by atoms with Crippen molar-refractivity contribution in [2.24, 2.45) is 0 Å². The molecule has 0 aromatic heterocycles. The number of thiol groups is 1. The number of hydrogen-bond donors (Lipinski definition) is 3. The lowest BCUT2D eigenvalue weighted by Crippen LogP contribution is -2.14. The first-order valence-corrected chi connectivity index (χ1v) is 9.01. The number of carbonyl (C=O) groups is 2. The Kier molecular flexibility index (Phi) is 10.2. The number of unbranched alkanes of at least 4 members (excludes halogenated alkanes) is 7. The van der Waals surface area contributed by atoms with Crippen LogP contribution in [0.15, 0.2) is 24.3 Å². The van der Waals surface area contributed by atoms with E-state index in [-0.39, 0.29) is 11.5 Å². The summed E-state index contributed by atoms with van der Waals surface area (Å²) in [6.45, 7) is 0. The van der Waals surface area contributed by atoms with Crippen LogP contribution in [0.4, 0.5) is 5.69 Å². The summed E-state index contributed by atoms with van der Waals surface area (Å²) in [7, 11) is 0. The van der Waals surface area contributed by atoms with Gasteiger partial charge in [-0.2, -0.15) is 12.6 Å². The van der Waals surface area contributed by atoms with E-state index in [2.05, 4.69) is 17.9 Å². The average molecular weight is 337 g/mol. The smallest absolute Gasteiger partial charge is 0.337 e. The number of benzene rings is 1. The maximum absolute atomic E-state index is 11.9. The molecule has 4 nitrogen and oxygen atoms in total. The van der Waals surface area contributed by atoms with Gasteiger partial charge in [-0.15, -0.1) is 0 Å². The number of aromatic carboxylic acids is 1. The first-order valence-electron chi connectivity index (χ1n) is 8.38. The predicted molar refractivity (Wildman–Crippen MR) is 97.4 cm³/mol. The van der Waals surface area contributed by atoms with Gasteiger partial charge in [0.05, 0.1) is 11.3 Å². The molecule has 0 atom stereocenters. The predicted octanol–water partition coefficient (Wildman–Crippen LogP) is 4.76. The standard InChI is InChI=1S/C18H27NO3S/c20-17(13-7-5-3-1-2-4-6-10-14-23)19-16-12-9-8-11-15(16)18(21)22/h8-9,11-12,23H,1-7,10,13-14H2,(H,19,20)(H,21,22). The Morgan fingerprint density at radius 1 is 0.913 bits per heavy atom. The van der Waals surface area contributed by atoms with Crippen molar-refractivity contribution < 1.29 is 14.7 Å². The second kappa shape index (κ2) is 12.0. The van der Waals surface area contributed by atoms with E-state index in [1.807, 2.05) is 0 Å². The fourth-order valence-electron chi connectivity index (χ4n) is 2.45. The number of carboxylic acid groups (broad SMARTS) is 1. The fourth-order valence-corrected chi connectivity index (χ4v) is 2.67. The van der Waals surface area contributed by atoms with Gasteiger partial charge in [0.2, 0.25) is 5.91 Å². The molecule has 0 aliphatic rings. The summed E-state index contributed by atoms with van der Waals surface area (Å²) in [5, 5.41) is 11.8. The first kappa shape index (κ1) is 19.6. The van der Waals surface area contributed by atoms with Gasteiger partial charge in [0.1, 0.15) is 0 Å². The summed E-state index contributed by atoms with van der Waals surface area (Å²) in [4.78, 5) is 23.0. The lowest BCUT2D eigenvalue weighted by Gasteiger charge is -2.08. The Morgan fingerprint density at radius 3 is 2.09 bits per heavy atom. The van der Waals surface area contributed by atoms with Crippen molar-refractivity contribution >= 4 is 30.2 Å². The Labute approximate surface area is 144 Å². The van der Waals surface area contributed by atoms with Crippen molar-refractivity contribution in [1.82, 2.24) is 0 Å². The maximum atomic E-state index is 11.9. The molecule has 1 amide bonds. The van der Waals surface area contributed by atoms with E-state index in [4.69, 9.17) is 5.11 Å². The number of para-hydroxylation sites is 1. The van der Waals surface area contributed by atoms with Crippen LogP contribution in [0.25, 0.3) is 0 Å². The van der Waals surface area contributed by atoms with Crippen molar-refractivity contribution in [3.8, 4) is 0 Å². The second-order valence-corrected chi connectivity index (χ2v) is 6.15. The molecule has 5 heteroatoms. The van der Waals surface area contributed by atoms with Crippen LogP contribution in [-0.2, 0) is 4.79 Å². The molecule has 0 spiro atoms. The molecule has 0 radical (unpaired) electrons. The molecular formula is C18H27NO3S. The summed E-state index contributed by atoms with van der Waals surface area (Å²) >= 11 is 4.19. The van der Waals surface area contributed by atoms with Crippen molar-refractivity contribution in [3.63, 3.8) is 0 Å². The molecule has 128 valence electrons. The summed E-state index contributed by atoms with van der Waals surface area (Å²) in [5.41, 5.74) is 0.497. The Morgan fingerprint density at radius 2 is 1.48 bits per heavy atom. The molecule has 0 bridgehead atoms. The van der Waals surface area contributed by atoms with Crippen LogP contribution in [-0.4, -0.2) is 22.7 Å². The number of amides is 1. The van der Waals surface area contributed by atoms with Crippen molar-refractivity contribution in [2.45, 2.75) is 57.8 Å². The van der Waals surface area contributed by atoms with Crippen LogP contribution >= 0.6 is 12.6 Å². The first-order chi connectivity index (χ1) is 11.1. The highest BCUT2D eigenvalue weighted by atomic mass is 32.1. The van der Waals surface area contributed by atoms with Crippen LogP contribution in [0, 0.1) is 0 Å². The Balaban J connectivity index is 2.15. The van der Waals surface area contributed by atoms with Crippen LogP contribution in [0.2, 0.25) is 0 Å². The number of carboxylic acids is 1. The van der Waals surface area contributed by atoms with Crippen molar-refractivity contribution in [1.29, 1.82) is 0 Å². The molecule has 0 saturated carbocycles. The van der Waals surface area contributed by atoms with Gasteiger partial charge in [0.25, 0.3) is 0 Å². The van der Waals surface area contributed by atoms with Gasteiger partial charge < -0.3 is 10.4 Å². The van der Waals surface area contributed by atoms with Crippen LogP contribution in [0.5, 0.6) is 0 Å². The molecule has 0 aliphatic heterocycles. The van der Waals surface area contributed by atoms with E-state index in [0.29, 0.717) is 12.1 Å². The largest absolute Gasteiger partial charge is 0.478 e. The molecule has 0 saturated heterocycles. The van der Waals surface area contributed by atoms with Gasteiger partial charge in [-0.05, 0) is 30.7 Å². The summed E-state index contributed by atoms with van der Waals surface area (Å²) in [6.07, 6.45) is 9.68. The van der Waals surface area contributed by atoms with Gasteiger partial charge in [-0.3, -0.25) is 4.79 Å². The number of rotatable bonds is 12. The Bertz CT molecular complexity index is 491. The monoisotopic (exact) mass is 337 g/mol. The summed E-state index contributed by atoms with van der Waals surface area (Å²) in [6, 6.07) is 6.48. The third-order valence-corrected chi connectivity index (χ3v) is 4.06. The highest BCUT2D eigenvalue weighted by molar-refractivity contribution is 7.80. The Hall–Kier alpha value is -1.49. The second-order valence-electron chi connectivity index (χ2n) is 5.70. The van der Waals surface area contributed by atoms with Gasteiger partial charge in [-0.25, -0.2) is 4.79 Å². The maximum Gasteiger partial charge on any atom is 0.337 e. The number of nitrogens with one attached hydrogen (secondary N) is 1. The highest BCUT2D eigenvalue weighted by Crippen LogP contribution is 2.16. The molecule has 1 aromatic carbocycles. The van der Waals surface area contributed by atoms with Gasteiger partial charge in [0, 0.05) is 6.42 Å². The van der Waals surface area contributed by atoms with Crippen LogP contribution in [0.1, 0.15) is 68.1 Å². The van der Waals surface area contributed by atoms with E-state index in [1.54, 1.807) is 18.2 Å². The molecule has 0 unspecified atom stereocenters. The zero-order valence-corrected chi connectivity index (χ0v) is 14.5. The summed E-state index contributed by atoms with van der Waals surface area (Å²) < 4.78 is 0. The molecule has 2 N–H and O–H groups in total. The summed E-state index contributed by atoms with van der Waals surface area (Å²) in [5.74, 6) is -0.175. The van der Waals surface area contributed by atoms with Crippen molar-refractivity contribution in [3.05, 3.63) is 29.8 Å². The van der Waals surface area contributed by atoms with E-state index < -0.39 is 5.97 Å². The number of anilines is 1. The van der Waals surface area contributed by atoms with Gasteiger partial charge in [0.15, 0.2) is 0 Å². The molecule has 1 aromatic rings. The quantitative estimate of drug-likeness (QED) is 0.380. The SMILES string of the molecule is O=C(CCCCCCCCCCS)Nc1ccccc1C(=O)O. The minimum Gasteiger partial charge on any atom is -0.478 e. The normalized spacial score (nSPS) is 10.5. The molecule has 23 heavy (non-hydrogen) atoms. The molecular weight excluding hydrogens is 310 g/mol. The van der Waals surface area contributed by atoms with E-state index >= 15 is 0 Å². The molecule has 1 rings (SSSR count). The number of carbonyl (C=O) groups excluding carboxylic acids is 1. The minimum absolute atomic E-state index is 0.118. The highest BCUT2D eigenvalue weighted by Gasteiger charge is 2.11. The number of hydrogen-bond acceptors (Lipinski definition) is 3. The van der Waals surface area contributed by atoms with E-state index in [9.17, 15) is 9.59 Å². The molecule has 0 aliphatic carbocycles. The zero-order chi connectivity index (χ0) is 16.9. The van der Waals surface area contributed by atoms with Crippen LogP contribution < -0.4 is 5.32 Å². The van der Waals surface area contributed by atoms with E-state index in [1.165, 1.54) is 38.2 Å². The van der Waals surface area contributed by atoms with E-state index in [0.717, 1.165) is 25.0 Å². The third kappa shape index (κ3) is 8.65. The lowest BCUT2D eigenvalue weighted by molar-refractivity contribution is -0.116. The molecule has 0 fully saturated rings. The lowest BCUT2D eigenvalue weighted by atomic mass is 10.1. The average Bonchev–Trinajstić information content (AvgIpc) is 2.53. The fraction of sp³-hybridized carbons (Fsp3) is 0.556. The third-order valence-electron chi connectivity index (χ3n) is 3.74. The van der Waals surface area contributed by atoms with Crippen molar-refractivity contribution in [2.75, 3.05) is 11.1 Å². The van der Waals surface area contributed by atoms with Gasteiger partial charge >= 0.3 is 5.97 Å². The molecule has 0 heterocycles. The zero-order valence-electron chi connectivity index (χ0n) is 13.6. The van der Waals surface area contributed by atoms with Gasteiger partial charge in [-0.1, -0.05) is 50.7 Å². The minimum atomic E-state index is -1.03.